The number of likely N-dealkylation sites (tertiary alicyclic amines) is 4. The molecule has 0 aromatic carbocycles. The number of aldehydes is 1. The molecule has 4 heterocycles. The summed E-state index contributed by atoms with van der Waals surface area (Å²) in [6, 6.07) is -3.27. The van der Waals surface area contributed by atoms with Gasteiger partial charge in [0.05, 0.1) is 31.3 Å². The minimum atomic E-state index is -1.00. The summed E-state index contributed by atoms with van der Waals surface area (Å²) in [5.41, 5.74) is 5.46. The number of amides is 5. The van der Waals surface area contributed by atoms with E-state index >= 15 is 0 Å². The largest absolute Gasteiger partial charge is 0.391 e. The standard InChI is InChI=1S/C24H36N6O8/c25-9-20(34)27-5-1-4-18(27)24(38)30-12-16(33)8-19(30)22(36)26-10-21(35)28-6-2-3-17(28)23(37)29-11-15(32)7-14(29)13-31/h13-19,32-33H,1-12,25H2,(H,26,36)/t14-,15+,16+,17-,18-,19-/m0/s1. The molecule has 6 atom stereocenters. The first-order chi connectivity index (χ1) is 18.2. The molecule has 210 valence electrons. The lowest BCUT2D eigenvalue weighted by molar-refractivity contribution is -0.147. The van der Waals surface area contributed by atoms with Gasteiger partial charge in [0.1, 0.15) is 24.4 Å². The molecular formula is C24H36N6O8. The minimum Gasteiger partial charge on any atom is -0.391 e. The van der Waals surface area contributed by atoms with E-state index in [4.69, 9.17) is 5.73 Å². The molecule has 0 aliphatic carbocycles. The van der Waals surface area contributed by atoms with E-state index in [1.54, 1.807) is 0 Å². The first-order valence-electron chi connectivity index (χ1n) is 13.1. The van der Waals surface area contributed by atoms with Gasteiger partial charge in [0.15, 0.2) is 0 Å². The van der Waals surface area contributed by atoms with Crippen LogP contribution in [0.4, 0.5) is 0 Å². The van der Waals surface area contributed by atoms with Crippen molar-refractivity contribution in [1.29, 1.82) is 0 Å². The van der Waals surface area contributed by atoms with Gasteiger partial charge >= 0.3 is 0 Å². The van der Waals surface area contributed by atoms with Gasteiger partial charge in [0, 0.05) is 39.0 Å². The minimum absolute atomic E-state index is 0.00147. The van der Waals surface area contributed by atoms with Crippen LogP contribution in [0.15, 0.2) is 0 Å². The quantitative estimate of drug-likeness (QED) is 0.236. The highest BCUT2D eigenvalue weighted by Crippen LogP contribution is 2.26. The SMILES string of the molecule is NCC(=O)N1CCC[C@H]1C(=O)N1C[C@H](O)C[C@H]1C(=O)NCC(=O)N1CCC[C@H]1C(=O)N1C[C@H](O)C[C@H]1C=O. The number of carbonyl (C=O) groups excluding carboxylic acids is 6. The average Bonchev–Trinajstić information content (AvgIpc) is 3.71. The Balaban J connectivity index is 1.36. The molecule has 4 aliphatic heterocycles. The Kier molecular flexibility index (Phi) is 8.63. The third-order valence-corrected chi connectivity index (χ3v) is 7.93. The highest BCUT2D eigenvalue weighted by atomic mass is 16.3. The van der Waals surface area contributed by atoms with E-state index in [1.165, 1.54) is 19.6 Å². The second-order valence-electron chi connectivity index (χ2n) is 10.4. The van der Waals surface area contributed by atoms with Crippen LogP contribution < -0.4 is 11.1 Å². The first-order valence-corrected chi connectivity index (χ1v) is 13.1. The second kappa shape index (κ2) is 11.7. The van der Waals surface area contributed by atoms with Crippen molar-refractivity contribution in [1.82, 2.24) is 24.9 Å². The molecule has 4 fully saturated rings. The summed E-state index contributed by atoms with van der Waals surface area (Å²) in [7, 11) is 0. The van der Waals surface area contributed by atoms with E-state index in [-0.39, 0.29) is 38.4 Å². The van der Waals surface area contributed by atoms with E-state index < -0.39 is 66.5 Å². The van der Waals surface area contributed by atoms with Crippen LogP contribution in [0.3, 0.4) is 0 Å². The number of nitrogens with zero attached hydrogens (tertiary/aromatic N) is 4. The predicted octanol–water partition coefficient (Wildman–Crippen LogP) is -3.83. The summed E-state index contributed by atoms with van der Waals surface area (Å²) < 4.78 is 0. The monoisotopic (exact) mass is 536 g/mol. The summed E-state index contributed by atoms with van der Waals surface area (Å²) in [4.78, 5) is 81.2. The zero-order valence-corrected chi connectivity index (χ0v) is 21.2. The van der Waals surface area contributed by atoms with Crippen LogP contribution >= 0.6 is 0 Å². The Morgan fingerprint density at radius 3 is 1.95 bits per heavy atom. The summed E-state index contributed by atoms with van der Waals surface area (Å²) >= 11 is 0. The van der Waals surface area contributed by atoms with Crippen molar-refractivity contribution in [2.75, 3.05) is 39.3 Å². The maximum Gasteiger partial charge on any atom is 0.246 e. The van der Waals surface area contributed by atoms with Crippen molar-refractivity contribution >= 4 is 35.8 Å². The van der Waals surface area contributed by atoms with Crippen molar-refractivity contribution in [2.24, 2.45) is 5.73 Å². The second-order valence-corrected chi connectivity index (χ2v) is 10.4. The van der Waals surface area contributed by atoms with Crippen LogP contribution in [-0.2, 0) is 28.8 Å². The Morgan fingerprint density at radius 2 is 1.34 bits per heavy atom. The molecule has 0 bridgehead atoms. The number of nitrogens with one attached hydrogen (secondary N) is 1. The van der Waals surface area contributed by atoms with Crippen molar-refractivity contribution in [2.45, 2.75) is 74.9 Å². The highest BCUT2D eigenvalue weighted by molar-refractivity contribution is 5.95. The van der Waals surface area contributed by atoms with E-state index in [2.05, 4.69) is 5.32 Å². The lowest BCUT2D eigenvalue weighted by Gasteiger charge is -2.31. The third-order valence-electron chi connectivity index (χ3n) is 7.93. The number of aliphatic hydroxyl groups is 2. The molecule has 0 saturated carbocycles. The van der Waals surface area contributed by atoms with E-state index in [0.717, 1.165) is 0 Å². The van der Waals surface area contributed by atoms with Crippen molar-refractivity contribution < 1.29 is 39.0 Å². The number of aliphatic hydroxyl groups excluding tert-OH is 2. The molecule has 0 aromatic heterocycles. The van der Waals surface area contributed by atoms with Crippen LogP contribution in [0.5, 0.6) is 0 Å². The number of nitrogens with two attached hydrogens (primary N) is 1. The van der Waals surface area contributed by atoms with Gasteiger partial charge in [-0.3, -0.25) is 24.0 Å². The molecule has 4 aliphatic rings. The normalized spacial score (nSPS) is 31.1. The highest BCUT2D eigenvalue weighted by Gasteiger charge is 2.45. The smallest absolute Gasteiger partial charge is 0.246 e. The van der Waals surface area contributed by atoms with Gasteiger partial charge in [-0.25, -0.2) is 0 Å². The molecular weight excluding hydrogens is 500 g/mol. The maximum atomic E-state index is 13.2. The van der Waals surface area contributed by atoms with Gasteiger partial charge in [-0.2, -0.15) is 0 Å². The van der Waals surface area contributed by atoms with E-state index in [0.29, 0.717) is 45.1 Å². The summed E-state index contributed by atoms with van der Waals surface area (Å²) in [5, 5.41) is 22.6. The molecule has 5 amide bonds. The molecule has 14 nitrogen and oxygen atoms in total. The van der Waals surface area contributed by atoms with Crippen LogP contribution in [0.2, 0.25) is 0 Å². The Bertz CT molecular complexity index is 978. The molecule has 4 saturated heterocycles. The van der Waals surface area contributed by atoms with Gasteiger partial charge in [0.25, 0.3) is 0 Å². The average molecular weight is 537 g/mol. The fourth-order valence-electron chi connectivity index (χ4n) is 6.06. The third kappa shape index (κ3) is 5.52. The number of hydrogen-bond donors (Lipinski definition) is 4. The number of carbonyl (C=O) groups is 6. The van der Waals surface area contributed by atoms with Gasteiger partial charge in [-0.1, -0.05) is 0 Å². The maximum absolute atomic E-state index is 13.2. The van der Waals surface area contributed by atoms with Crippen molar-refractivity contribution in [3.63, 3.8) is 0 Å². The number of rotatable bonds is 7. The number of hydrogen-bond acceptors (Lipinski definition) is 9. The molecule has 0 unspecified atom stereocenters. The van der Waals surface area contributed by atoms with Crippen molar-refractivity contribution in [3.8, 4) is 0 Å². The Morgan fingerprint density at radius 1 is 0.789 bits per heavy atom. The van der Waals surface area contributed by atoms with Crippen LogP contribution in [0, 0.1) is 0 Å². The summed E-state index contributed by atoms with van der Waals surface area (Å²) in [6.07, 6.45) is 1.11. The zero-order valence-electron chi connectivity index (χ0n) is 21.2. The number of β-amino-alcohol motifs (C(OH)–C–C–N with tert-alkyl or cyclic N) is 2. The van der Waals surface area contributed by atoms with Gasteiger partial charge in [-0.15, -0.1) is 0 Å². The van der Waals surface area contributed by atoms with Gasteiger partial charge in [0.2, 0.25) is 29.5 Å². The fraction of sp³-hybridized carbons (Fsp3) is 0.750. The van der Waals surface area contributed by atoms with Crippen LogP contribution in [0.1, 0.15) is 38.5 Å². The van der Waals surface area contributed by atoms with Crippen LogP contribution in [-0.4, -0.2) is 141 Å². The molecule has 38 heavy (non-hydrogen) atoms. The zero-order chi connectivity index (χ0) is 27.6. The lowest BCUT2D eigenvalue weighted by Crippen LogP contribution is -2.55. The molecule has 4 rings (SSSR count). The van der Waals surface area contributed by atoms with E-state index in [1.807, 2.05) is 0 Å². The molecule has 5 N–H and O–H groups in total. The lowest BCUT2D eigenvalue weighted by atomic mass is 10.1. The molecule has 0 aromatic rings. The Hall–Kier alpha value is -3.10. The fourth-order valence-corrected chi connectivity index (χ4v) is 6.06. The summed E-state index contributed by atoms with van der Waals surface area (Å²) in [5.74, 6) is -2.29. The molecule has 0 spiro atoms. The molecule has 0 radical (unpaired) electrons. The topological polar surface area (TPSA) is 194 Å². The van der Waals surface area contributed by atoms with E-state index in [9.17, 15) is 39.0 Å². The van der Waals surface area contributed by atoms with Crippen LogP contribution in [0.25, 0.3) is 0 Å². The van der Waals surface area contributed by atoms with Gasteiger partial charge in [-0.05, 0) is 25.7 Å². The van der Waals surface area contributed by atoms with Crippen molar-refractivity contribution in [3.05, 3.63) is 0 Å². The Labute approximate surface area is 220 Å². The van der Waals surface area contributed by atoms with Gasteiger partial charge < -0.3 is 45.7 Å². The summed E-state index contributed by atoms with van der Waals surface area (Å²) in [6.45, 7) is 0.0420. The predicted molar refractivity (Wildman–Crippen MR) is 130 cm³/mol. The first kappa shape index (κ1) is 27.9. The molecule has 14 heteroatoms.